The molecule has 2 rings (SSSR count). The fourth-order valence-electron chi connectivity index (χ4n) is 2.02. The molecule has 1 aliphatic rings. The number of hydrogen-bond donors (Lipinski definition) is 1. The smallest absolute Gasteiger partial charge is 0.243 e. The summed E-state index contributed by atoms with van der Waals surface area (Å²) >= 11 is 0. The molecule has 5 nitrogen and oxygen atoms in total. The molecule has 0 radical (unpaired) electrons. The van der Waals surface area contributed by atoms with E-state index in [0.29, 0.717) is 17.3 Å². The van der Waals surface area contributed by atoms with Crippen LogP contribution in [0.3, 0.4) is 0 Å². The Morgan fingerprint density at radius 3 is 2.79 bits per heavy atom. The van der Waals surface area contributed by atoms with Gasteiger partial charge in [0.15, 0.2) is 0 Å². The third-order valence-corrected chi connectivity index (χ3v) is 5.23. The van der Waals surface area contributed by atoms with Crippen LogP contribution in [0.25, 0.3) is 0 Å². The van der Waals surface area contributed by atoms with Crippen LogP contribution in [-0.4, -0.2) is 37.3 Å². The normalized spacial score (nSPS) is 15.7. The lowest BCUT2D eigenvalue weighted by atomic mass is 10.3. The van der Waals surface area contributed by atoms with Gasteiger partial charge in [-0.2, -0.15) is 4.31 Å². The third-order valence-electron chi connectivity index (χ3n) is 3.28. The summed E-state index contributed by atoms with van der Waals surface area (Å²) in [5.74, 6) is 0.576. The van der Waals surface area contributed by atoms with E-state index in [9.17, 15) is 8.42 Å². The number of aromatic nitrogens is 1. The van der Waals surface area contributed by atoms with Crippen LogP contribution in [-0.2, 0) is 10.0 Å². The molecular weight excluding hydrogens is 262 g/mol. The maximum absolute atomic E-state index is 12.7. The topological polar surface area (TPSA) is 62.3 Å². The van der Waals surface area contributed by atoms with E-state index in [1.165, 1.54) is 6.20 Å². The molecule has 106 valence electrons. The Bertz CT molecular complexity index is 526. The SMILES string of the molecule is CCCCN(C1CC1)S(=O)(=O)c1ccnc(NC)c1. The minimum Gasteiger partial charge on any atom is -0.373 e. The summed E-state index contributed by atoms with van der Waals surface area (Å²) < 4.78 is 27.0. The molecule has 1 aromatic heterocycles. The van der Waals surface area contributed by atoms with E-state index in [4.69, 9.17) is 0 Å². The molecule has 0 unspecified atom stereocenters. The first-order chi connectivity index (χ1) is 9.09. The second kappa shape index (κ2) is 5.88. The zero-order valence-electron chi connectivity index (χ0n) is 11.5. The standard InChI is InChI=1S/C13H21N3O2S/c1-3-4-9-16(11-5-6-11)19(17,18)12-7-8-15-13(10-12)14-2/h7-8,10-11H,3-6,9H2,1-2H3,(H,14,15). The Kier molecular flexibility index (Phi) is 4.42. The Morgan fingerprint density at radius 2 is 2.21 bits per heavy atom. The van der Waals surface area contributed by atoms with Crippen LogP contribution < -0.4 is 5.32 Å². The van der Waals surface area contributed by atoms with Crippen LogP contribution in [0, 0.1) is 0 Å². The number of unbranched alkanes of at least 4 members (excludes halogenated alkanes) is 1. The van der Waals surface area contributed by atoms with Gasteiger partial charge in [0.05, 0.1) is 4.90 Å². The fraction of sp³-hybridized carbons (Fsp3) is 0.615. The predicted octanol–water partition coefficient (Wildman–Crippen LogP) is 2.08. The number of anilines is 1. The van der Waals surface area contributed by atoms with Gasteiger partial charge < -0.3 is 5.32 Å². The molecule has 0 bridgehead atoms. The highest BCUT2D eigenvalue weighted by Crippen LogP contribution is 2.32. The second-order valence-electron chi connectivity index (χ2n) is 4.83. The van der Waals surface area contributed by atoms with Crippen molar-refractivity contribution >= 4 is 15.8 Å². The number of nitrogens with one attached hydrogen (secondary N) is 1. The van der Waals surface area contributed by atoms with E-state index < -0.39 is 10.0 Å². The largest absolute Gasteiger partial charge is 0.373 e. The Hall–Kier alpha value is -1.14. The third kappa shape index (κ3) is 3.25. The first-order valence-electron chi connectivity index (χ1n) is 6.75. The zero-order valence-corrected chi connectivity index (χ0v) is 12.3. The monoisotopic (exact) mass is 283 g/mol. The molecule has 1 aromatic rings. The Morgan fingerprint density at radius 1 is 1.47 bits per heavy atom. The molecule has 19 heavy (non-hydrogen) atoms. The minimum atomic E-state index is -3.39. The number of sulfonamides is 1. The lowest BCUT2D eigenvalue weighted by Gasteiger charge is -2.21. The summed E-state index contributed by atoms with van der Waals surface area (Å²) in [7, 11) is -1.66. The van der Waals surface area contributed by atoms with Crippen LogP contribution >= 0.6 is 0 Å². The lowest BCUT2D eigenvalue weighted by Crippen LogP contribution is -2.34. The van der Waals surface area contributed by atoms with Gasteiger partial charge in [0.25, 0.3) is 0 Å². The summed E-state index contributed by atoms with van der Waals surface area (Å²) in [5.41, 5.74) is 0. The van der Waals surface area contributed by atoms with Gasteiger partial charge in [0.1, 0.15) is 5.82 Å². The van der Waals surface area contributed by atoms with Gasteiger partial charge in [-0.25, -0.2) is 13.4 Å². The molecule has 1 aliphatic carbocycles. The molecular formula is C13H21N3O2S. The maximum atomic E-state index is 12.7. The number of pyridine rings is 1. The van der Waals surface area contributed by atoms with Gasteiger partial charge in [0.2, 0.25) is 10.0 Å². The molecule has 1 fully saturated rings. The fourth-order valence-corrected chi connectivity index (χ4v) is 3.76. The Balaban J connectivity index is 2.27. The van der Waals surface area contributed by atoms with Crippen molar-refractivity contribution in [3.05, 3.63) is 18.3 Å². The lowest BCUT2D eigenvalue weighted by molar-refractivity contribution is 0.395. The zero-order chi connectivity index (χ0) is 13.9. The number of rotatable bonds is 7. The Labute approximate surface area is 115 Å². The molecule has 0 aliphatic heterocycles. The van der Waals surface area contributed by atoms with Crippen molar-refractivity contribution in [2.24, 2.45) is 0 Å². The molecule has 6 heteroatoms. The van der Waals surface area contributed by atoms with Crippen LogP contribution in [0.1, 0.15) is 32.6 Å². The quantitative estimate of drug-likeness (QED) is 0.832. The van der Waals surface area contributed by atoms with Crippen molar-refractivity contribution in [3.8, 4) is 0 Å². The van der Waals surface area contributed by atoms with E-state index in [-0.39, 0.29) is 6.04 Å². The van der Waals surface area contributed by atoms with Crippen molar-refractivity contribution in [2.75, 3.05) is 18.9 Å². The van der Waals surface area contributed by atoms with Crippen molar-refractivity contribution in [1.82, 2.24) is 9.29 Å². The highest BCUT2D eigenvalue weighted by Gasteiger charge is 2.37. The summed E-state index contributed by atoms with van der Waals surface area (Å²) in [6.45, 7) is 2.68. The average Bonchev–Trinajstić information content (AvgIpc) is 3.23. The van der Waals surface area contributed by atoms with Gasteiger partial charge in [-0.05, 0) is 25.3 Å². The van der Waals surface area contributed by atoms with Crippen LogP contribution in [0.5, 0.6) is 0 Å². The van der Waals surface area contributed by atoms with E-state index in [2.05, 4.69) is 17.2 Å². The highest BCUT2D eigenvalue weighted by molar-refractivity contribution is 7.89. The van der Waals surface area contributed by atoms with E-state index in [1.54, 1.807) is 23.5 Å². The number of nitrogens with zero attached hydrogens (tertiary/aromatic N) is 2. The molecule has 0 amide bonds. The highest BCUT2D eigenvalue weighted by atomic mass is 32.2. The van der Waals surface area contributed by atoms with Crippen LogP contribution in [0.4, 0.5) is 5.82 Å². The molecule has 1 heterocycles. The molecule has 0 saturated heterocycles. The molecule has 1 N–H and O–H groups in total. The van der Waals surface area contributed by atoms with Crippen LogP contribution in [0.15, 0.2) is 23.2 Å². The van der Waals surface area contributed by atoms with Crippen molar-refractivity contribution < 1.29 is 8.42 Å². The first-order valence-corrected chi connectivity index (χ1v) is 8.19. The van der Waals surface area contributed by atoms with Crippen molar-refractivity contribution in [1.29, 1.82) is 0 Å². The van der Waals surface area contributed by atoms with Gasteiger partial charge >= 0.3 is 0 Å². The first kappa shape index (κ1) is 14.3. The summed E-state index contributed by atoms with van der Waals surface area (Å²) in [4.78, 5) is 4.39. The van der Waals surface area contributed by atoms with E-state index in [0.717, 1.165) is 25.7 Å². The number of hydrogen-bond acceptors (Lipinski definition) is 4. The molecule has 1 saturated carbocycles. The molecule has 0 atom stereocenters. The second-order valence-corrected chi connectivity index (χ2v) is 6.72. The van der Waals surface area contributed by atoms with Gasteiger partial charge in [-0.3, -0.25) is 0 Å². The van der Waals surface area contributed by atoms with Crippen LogP contribution in [0.2, 0.25) is 0 Å². The van der Waals surface area contributed by atoms with Gasteiger partial charge in [-0.15, -0.1) is 0 Å². The molecule has 0 aromatic carbocycles. The maximum Gasteiger partial charge on any atom is 0.243 e. The molecule has 0 spiro atoms. The van der Waals surface area contributed by atoms with Gasteiger partial charge in [-0.1, -0.05) is 13.3 Å². The van der Waals surface area contributed by atoms with Gasteiger partial charge in [0, 0.05) is 31.9 Å². The summed E-state index contributed by atoms with van der Waals surface area (Å²) in [5, 5.41) is 2.87. The predicted molar refractivity (Wildman–Crippen MR) is 75.6 cm³/mol. The van der Waals surface area contributed by atoms with E-state index >= 15 is 0 Å². The van der Waals surface area contributed by atoms with Crippen molar-refractivity contribution in [2.45, 2.75) is 43.5 Å². The average molecular weight is 283 g/mol. The minimum absolute atomic E-state index is 0.197. The summed E-state index contributed by atoms with van der Waals surface area (Å²) in [6, 6.07) is 3.36. The summed E-state index contributed by atoms with van der Waals surface area (Å²) in [6.07, 6.45) is 5.39. The van der Waals surface area contributed by atoms with Crippen molar-refractivity contribution in [3.63, 3.8) is 0 Å². The van der Waals surface area contributed by atoms with E-state index in [1.807, 2.05) is 0 Å².